The Labute approximate surface area is 372 Å². The molecule has 3 unspecified atom stereocenters. The summed E-state index contributed by atoms with van der Waals surface area (Å²) in [5.41, 5.74) is 18.5. The van der Waals surface area contributed by atoms with Gasteiger partial charge in [-0.1, -0.05) is 190 Å². The first-order valence-electron chi connectivity index (χ1n) is 22.5. The third kappa shape index (κ3) is 5.32. The molecular weight excluding hydrogens is 779 g/mol. The van der Waals surface area contributed by atoms with Crippen LogP contribution >= 0.6 is 0 Å². The van der Waals surface area contributed by atoms with Gasteiger partial charge >= 0.3 is 0 Å². The number of allylic oxidation sites excluding steroid dienone is 4. The lowest BCUT2D eigenvalue weighted by molar-refractivity contribution is 0.558. The molecule has 4 aliphatic carbocycles. The van der Waals surface area contributed by atoms with Gasteiger partial charge in [0.15, 0.2) is 17.5 Å². The van der Waals surface area contributed by atoms with E-state index in [1.54, 1.807) is 0 Å². The lowest BCUT2D eigenvalue weighted by atomic mass is 9.65. The molecule has 2 aromatic heterocycles. The Kier molecular flexibility index (Phi) is 8.02. The van der Waals surface area contributed by atoms with Gasteiger partial charge in [-0.25, -0.2) is 15.0 Å². The first kappa shape index (κ1) is 36.9. The standard InChI is InChI=1S/C60H43N3O/c1-37-30-31-44-42-20-6-11-27-50(42)60(52(44)34-37)51-28-12-7-21-43(51)46-25-15-24-41(55(46)60)39-18-14-19-40(35-39)57-61-56(38-16-4-3-5-17-38)62-58(63-57)47-23-8-10-26-49(47)59(2)33-32-54-48(36-59)45-22-9-13-29-53(45)64-54/h3-32,35-37H,33-34H2,1-2H3. The maximum Gasteiger partial charge on any atom is 0.164 e. The van der Waals surface area contributed by atoms with Gasteiger partial charge in [-0.15, -0.1) is 0 Å². The molecule has 7 aromatic carbocycles. The number of para-hydroxylation sites is 1. The number of aromatic nitrogens is 3. The summed E-state index contributed by atoms with van der Waals surface area (Å²) in [6.07, 6.45) is 11.2. The highest BCUT2D eigenvalue weighted by molar-refractivity contribution is 6.00. The van der Waals surface area contributed by atoms with Gasteiger partial charge in [0.1, 0.15) is 11.0 Å². The third-order valence-corrected chi connectivity index (χ3v) is 14.3. The molecule has 0 fully saturated rings. The Bertz CT molecular complexity index is 3610. The van der Waals surface area contributed by atoms with Crippen molar-refractivity contribution >= 4 is 28.7 Å². The predicted molar refractivity (Wildman–Crippen MR) is 260 cm³/mol. The third-order valence-electron chi connectivity index (χ3n) is 14.3. The van der Waals surface area contributed by atoms with Crippen LogP contribution in [0.25, 0.3) is 85.1 Å². The number of rotatable bonds is 5. The molecule has 4 aliphatic rings. The lowest BCUT2D eigenvalue weighted by Crippen LogP contribution is -2.33. The quantitative estimate of drug-likeness (QED) is 0.174. The average molecular weight is 822 g/mol. The van der Waals surface area contributed by atoms with E-state index in [9.17, 15) is 0 Å². The minimum atomic E-state index is -0.402. The van der Waals surface area contributed by atoms with Crippen molar-refractivity contribution in [2.24, 2.45) is 5.92 Å². The lowest BCUT2D eigenvalue weighted by Gasteiger charge is -2.36. The van der Waals surface area contributed by atoms with Gasteiger partial charge in [-0.3, -0.25) is 0 Å². The van der Waals surface area contributed by atoms with Gasteiger partial charge in [-0.2, -0.15) is 0 Å². The fraction of sp³-hybridized carbons (Fsp3) is 0.117. The molecule has 304 valence electrons. The molecule has 4 heteroatoms. The first-order chi connectivity index (χ1) is 31.5. The number of furan rings is 1. The van der Waals surface area contributed by atoms with E-state index in [0.717, 1.165) is 62.3 Å². The van der Waals surface area contributed by atoms with Crippen molar-refractivity contribution in [1.29, 1.82) is 0 Å². The fourth-order valence-electron chi connectivity index (χ4n) is 11.5. The van der Waals surface area contributed by atoms with Gasteiger partial charge < -0.3 is 4.42 Å². The molecule has 4 nitrogen and oxygen atoms in total. The SMILES string of the molecule is CC1C=CC2=C(C1)C1(c3ccccc32)c2ccccc2-c2cccc(-c3cccc(-c4nc(-c5ccccc5)nc(-c5ccccc5C5(C)C=c6c(oc7ccccc67)=CC5)n4)c3)c21. The maximum absolute atomic E-state index is 6.29. The second-order valence-corrected chi connectivity index (χ2v) is 18.1. The van der Waals surface area contributed by atoms with E-state index in [-0.39, 0.29) is 5.41 Å². The minimum absolute atomic E-state index is 0.336. The van der Waals surface area contributed by atoms with Crippen LogP contribution in [0.1, 0.15) is 54.5 Å². The Morgan fingerprint density at radius 2 is 1.16 bits per heavy atom. The summed E-state index contributed by atoms with van der Waals surface area (Å²) in [6, 6.07) is 61.2. The summed E-state index contributed by atoms with van der Waals surface area (Å²) in [7, 11) is 0. The van der Waals surface area contributed by atoms with Crippen molar-refractivity contribution in [3.8, 4) is 56.4 Å². The zero-order chi connectivity index (χ0) is 42.6. The smallest absolute Gasteiger partial charge is 0.164 e. The molecule has 1 spiro atoms. The summed E-state index contributed by atoms with van der Waals surface area (Å²) in [4.78, 5) is 15.9. The van der Waals surface area contributed by atoms with Crippen LogP contribution < -0.4 is 10.6 Å². The Morgan fingerprint density at radius 3 is 2.00 bits per heavy atom. The molecule has 3 atom stereocenters. The maximum atomic E-state index is 6.29. The molecule has 2 heterocycles. The van der Waals surface area contributed by atoms with Crippen LogP contribution in [0.2, 0.25) is 0 Å². The highest BCUT2D eigenvalue weighted by atomic mass is 16.3. The van der Waals surface area contributed by atoms with E-state index in [4.69, 9.17) is 19.4 Å². The van der Waals surface area contributed by atoms with E-state index in [1.165, 1.54) is 50.1 Å². The van der Waals surface area contributed by atoms with Crippen molar-refractivity contribution in [2.45, 2.75) is 37.5 Å². The summed E-state index contributed by atoms with van der Waals surface area (Å²) >= 11 is 0. The van der Waals surface area contributed by atoms with E-state index >= 15 is 0 Å². The summed E-state index contributed by atoms with van der Waals surface area (Å²) in [5.74, 6) is 2.38. The molecule has 0 amide bonds. The number of nitrogens with zero attached hydrogens (tertiary/aromatic N) is 3. The number of hydrogen-bond donors (Lipinski definition) is 0. The molecule has 64 heavy (non-hydrogen) atoms. The average Bonchev–Trinajstić information content (AvgIpc) is 3.97. The molecular formula is C60H43N3O. The summed E-state index contributed by atoms with van der Waals surface area (Å²) in [5, 5.41) is 2.27. The van der Waals surface area contributed by atoms with Gasteiger partial charge in [0.05, 0.1) is 5.41 Å². The van der Waals surface area contributed by atoms with Crippen molar-refractivity contribution in [2.75, 3.05) is 0 Å². The van der Waals surface area contributed by atoms with E-state index in [1.807, 2.05) is 30.3 Å². The van der Waals surface area contributed by atoms with Crippen LogP contribution in [-0.2, 0) is 10.8 Å². The summed E-state index contributed by atoms with van der Waals surface area (Å²) < 4.78 is 6.29. The van der Waals surface area contributed by atoms with E-state index in [2.05, 4.69) is 178 Å². The summed E-state index contributed by atoms with van der Waals surface area (Å²) in [6.45, 7) is 4.66. The predicted octanol–water partition coefficient (Wildman–Crippen LogP) is 12.9. The van der Waals surface area contributed by atoms with Crippen molar-refractivity contribution < 1.29 is 4.42 Å². The van der Waals surface area contributed by atoms with Gasteiger partial charge in [0.2, 0.25) is 0 Å². The molecule has 0 N–H and O–H groups in total. The zero-order valence-electron chi connectivity index (χ0n) is 35.7. The van der Waals surface area contributed by atoms with Gasteiger partial charge in [0, 0.05) is 32.7 Å². The molecule has 0 radical (unpaired) electrons. The number of benzene rings is 7. The Balaban J connectivity index is 0.996. The van der Waals surface area contributed by atoms with Gasteiger partial charge in [-0.05, 0) is 98.2 Å². The highest BCUT2D eigenvalue weighted by Gasteiger charge is 2.54. The van der Waals surface area contributed by atoms with Crippen LogP contribution in [0.4, 0.5) is 0 Å². The largest absolute Gasteiger partial charge is 0.456 e. The van der Waals surface area contributed by atoms with Crippen molar-refractivity contribution in [3.05, 3.63) is 226 Å². The second-order valence-electron chi connectivity index (χ2n) is 18.1. The Hall–Kier alpha value is -7.69. The molecule has 0 saturated carbocycles. The molecule has 0 aliphatic heterocycles. The van der Waals surface area contributed by atoms with Crippen LogP contribution in [0, 0.1) is 5.92 Å². The minimum Gasteiger partial charge on any atom is -0.456 e. The number of hydrogen-bond acceptors (Lipinski definition) is 4. The Morgan fingerprint density at radius 1 is 0.547 bits per heavy atom. The van der Waals surface area contributed by atoms with E-state index in [0.29, 0.717) is 23.4 Å². The van der Waals surface area contributed by atoms with Crippen LogP contribution in [0.15, 0.2) is 192 Å². The van der Waals surface area contributed by atoms with Crippen molar-refractivity contribution in [1.82, 2.24) is 15.0 Å². The fourth-order valence-corrected chi connectivity index (χ4v) is 11.5. The normalized spacial score (nSPS) is 20.0. The molecule has 9 aromatic rings. The van der Waals surface area contributed by atoms with Crippen LogP contribution in [0.5, 0.6) is 0 Å². The van der Waals surface area contributed by atoms with Crippen LogP contribution in [0.3, 0.4) is 0 Å². The molecule has 0 bridgehead atoms. The van der Waals surface area contributed by atoms with E-state index < -0.39 is 5.41 Å². The van der Waals surface area contributed by atoms with Crippen molar-refractivity contribution in [3.63, 3.8) is 0 Å². The highest BCUT2D eigenvalue weighted by Crippen LogP contribution is 2.65. The second kappa shape index (κ2) is 13.9. The molecule has 0 saturated heterocycles. The topological polar surface area (TPSA) is 51.8 Å². The first-order valence-corrected chi connectivity index (χ1v) is 22.5. The van der Waals surface area contributed by atoms with Gasteiger partial charge in [0.25, 0.3) is 0 Å². The molecule has 13 rings (SSSR count). The van der Waals surface area contributed by atoms with Crippen LogP contribution in [-0.4, -0.2) is 15.0 Å². The number of fused-ring (bicyclic) bond motifs is 12. The monoisotopic (exact) mass is 821 g/mol. The zero-order valence-corrected chi connectivity index (χ0v) is 35.7.